The zero-order valence-corrected chi connectivity index (χ0v) is 10.0. The lowest BCUT2D eigenvalue weighted by Gasteiger charge is -2.01. The van der Waals surface area contributed by atoms with Crippen LogP contribution in [0, 0.1) is 0 Å². The molecule has 0 radical (unpaired) electrons. The molecule has 0 aliphatic rings. The maximum atomic E-state index is 11.9. The Bertz CT molecular complexity index is 492. The highest BCUT2D eigenvalue weighted by atomic mass is 32.2. The van der Waals surface area contributed by atoms with Crippen LogP contribution in [0.1, 0.15) is 17.6 Å². The topological polar surface area (TPSA) is 34.9 Å². The van der Waals surface area contributed by atoms with Crippen molar-refractivity contribution in [1.82, 2.24) is 9.55 Å². The lowest BCUT2D eigenvalue weighted by Crippen LogP contribution is -2.09. The van der Waals surface area contributed by atoms with Crippen molar-refractivity contribution in [3.63, 3.8) is 0 Å². The zero-order valence-electron chi connectivity index (χ0n) is 9.22. The van der Waals surface area contributed by atoms with Crippen LogP contribution in [0.5, 0.6) is 0 Å². The van der Waals surface area contributed by atoms with E-state index in [0.717, 1.165) is 23.2 Å². The third kappa shape index (κ3) is 2.27. The van der Waals surface area contributed by atoms with Gasteiger partial charge in [-0.3, -0.25) is 9.36 Å². The zero-order chi connectivity index (χ0) is 11.4. The van der Waals surface area contributed by atoms with E-state index in [1.54, 1.807) is 22.7 Å². The summed E-state index contributed by atoms with van der Waals surface area (Å²) in [6, 6.07) is 7.70. The lowest BCUT2D eigenvalue weighted by molar-refractivity contribution is 0.0907. The molecule has 0 saturated carbocycles. The molecule has 0 saturated heterocycles. The molecule has 0 bridgehead atoms. The molecule has 0 amide bonds. The molecule has 4 heteroatoms. The SMILES string of the molecule is CSCCCC(=O)n1cnc2ccccc21. The van der Waals surface area contributed by atoms with Gasteiger partial charge in [0.1, 0.15) is 6.33 Å². The van der Waals surface area contributed by atoms with E-state index >= 15 is 0 Å². The Labute approximate surface area is 98.9 Å². The fourth-order valence-corrected chi connectivity index (χ4v) is 2.08. The van der Waals surface area contributed by atoms with Crippen molar-refractivity contribution in [3.05, 3.63) is 30.6 Å². The lowest BCUT2D eigenvalue weighted by atomic mass is 10.3. The summed E-state index contributed by atoms with van der Waals surface area (Å²) in [5.74, 6) is 1.15. The van der Waals surface area contributed by atoms with Crippen LogP contribution in [0.2, 0.25) is 0 Å². The third-order valence-electron chi connectivity index (χ3n) is 2.46. The van der Waals surface area contributed by atoms with Gasteiger partial charge in [-0.05, 0) is 30.6 Å². The van der Waals surface area contributed by atoms with Gasteiger partial charge in [0.2, 0.25) is 5.91 Å². The molecule has 16 heavy (non-hydrogen) atoms. The van der Waals surface area contributed by atoms with E-state index < -0.39 is 0 Å². The first-order valence-corrected chi connectivity index (χ1v) is 6.66. The molecule has 3 nitrogen and oxygen atoms in total. The first kappa shape index (κ1) is 11.2. The van der Waals surface area contributed by atoms with Crippen LogP contribution in [-0.4, -0.2) is 27.5 Å². The molecule has 2 aromatic rings. The van der Waals surface area contributed by atoms with Crippen molar-refractivity contribution >= 4 is 28.7 Å². The predicted octanol–water partition coefficient (Wildman–Crippen LogP) is 2.82. The molecule has 1 aromatic heterocycles. The fourth-order valence-electron chi connectivity index (χ4n) is 1.65. The van der Waals surface area contributed by atoms with Crippen LogP contribution in [0.3, 0.4) is 0 Å². The number of thioether (sulfide) groups is 1. The second kappa shape index (κ2) is 5.16. The average molecular weight is 234 g/mol. The summed E-state index contributed by atoms with van der Waals surface area (Å²) in [4.78, 5) is 16.1. The standard InChI is InChI=1S/C12H14N2OS/c1-16-8-4-7-12(15)14-9-13-10-5-2-3-6-11(10)14/h2-3,5-6,9H,4,7-8H2,1H3. The Morgan fingerprint density at radius 1 is 1.44 bits per heavy atom. The monoisotopic (exact) mass is 234 g/mol. The summed E-state index contributed by atoms with van der Waals surface area (Å²) < 4.78 is 1.65. The molecule has 0 unspecified atom stereocenters. The number of benzene rings is 1. The number of rotatable bonds is 4. The van der Waals surface area contributed by atoms with Gasteiger partial charge in [0.25, 0.3) is 0 Å². The van der Waals surface area contributed by atoms with Crippen LogP contribution in [-0.2, 0) is 0 Å². The molecule has 84 valence electrons. The minimum atomic E-state index is 0.128. The number of hydrogen-bond acceptors (Lipinski definition) is 3. The molecular weight excluding hydrogens is 220 g/mol. The Morgan fingerprint density at radius 2 is 2.25 bits per heavy atom. The number of para-hydroxylation sites is 2. The maximum absolute atomic E-state index is 11.9. The maximum Gasteiger partial charge on any atom is 0.232 e. The molecule has 2 rings (SSSR count). The van der Waals surface area contributed by atoms with Crippen LogP contribution in [0.15, 0.2) is 30.6 Å². The number of imidazole rings is 1. The van der Waals surface area contributed by atoms with E-state index in [0.29, 0.717) is 6.42 Å². The number of hydrogen-bond donors (Lipinski definition) is 0. The summed E-state index contributed by atoms with van der Waals surface area (Å²) in [5, 5.41) is 0. The van der Waals surface area contributed by atoms with Gasteiger partial charge >= 0.3 is 0 Å². The van der Waals surface area contributed by atoms with Crippen LogP contribution in [0.4, 0.5) is 0 Å². The van der Waals surface area contributed by atoms with Crippen molar-refractivity contribution in [2.24, 2.45) is 0 Å². The summed E-state index contributed by atoms with van der Waals surface area (Å²) in [6.07, 6.45) is 5.18. The average Bonchev–Trinajstić information content (AvgIpc) is 2.73. The van der Waals surface area contributed by atoms with Gasteiger partial charge in [-0.2, -0.15) is 11.8 Å². The summed E-state index contributed by atoms with van der Waals surface area (Å²) in [5.41, 5.74) is 1.78. The van der Waals surface area contributed by atoms with Gasteiger partial charge in [-0.15, -0.1) is 0 Å². The fraction of sp³-hybridized carbons (Fsp3) is 0.333. The van der Waals surface area contributed by atoms with Crippen molar-refractivity contribution in [1.29, 1.82) is 0 Å². The summed E-state index contributed by atoms with van der Waals surface area (Å²) in [6.45, 7) is 0. The first-order valence-electron chi connectivity index (χ1n) is 5.27. The molecule has 0 N–H and O–H groups in total. The van der Waals surface area contributed by atoms with E-state index in [2.05, 4.69) is 11.2 Å². The molecule has 0 fully saturated rings. The van der Waals surface area contributed by atoms with Crippen molar-refractivity contribution in [2.75, 3.05) is 12.0 Å². The van der Waals surface area contributed by atoms with Crippen molar-refractivity contribution < 1.29 is 4.79 Å². The largest absolute Gasteiger partial charge is 0.274 e. The highest BCUT2D eigenvalue weighted by Crippen LogP contribution is 2.13. The van der Waals surface area contributed by atoms with Crippen LogP contribution >= 0.6 is 11.8 Å². The van der Waals surface area contributed by atoms with E-state index in [1.807, 2.05) is 24.3 Å². The number of fused-ring (bicyclic) bond motifs is 1. The minimum Gasteiger partial charge on any atom is -0.274 e. The Morgan fingerprint density at radius 3 is 3.06 bits per heavy atom. The summed E-state index contributed by atoms with van der Waals surface area (Å²) in [7, 11) is 0. The second-order valence-electron chi connectivity index (χ2n) is 3.59. The van der Waals surface area contributed by atoms with Gasteiger partial charge < -0.3 is 0 Å². The normalized spacial score (nSPS) is 10.8. The third-order valence-corrected chi connectivity index (χ3v) is 3.16. The minimum absolute atomic E-state index is 0.128. The molecule has 1 heterocycles. The highest BCUT2D eigenvalue weighted by molar-refractivity contribution is 7.98. The number of aromatic nitrogens is 2. The second-order valence-corrected chi connectivity index (χ2v) is 4.58. The van der Waals surface area contributed by atoms with E-state index in [4.69, 9.17) is 0 Å². The quantitative estimate of drug-likeness (QED) is 0.763. The van der Waals surface area contributed by atoms with Crippen molar-refractivity contribution in [2.45, 2.75) is 12.8 Å². The van der Waals surface area contributed by atoms with Crippen molar-refractivity contribution in [3.8, 4) is 0 Å². The van der Waals surface area contributed by atoms with Gasteiger partial charge in [-0.1, -0.05) is 12.1 Å². The van der Waals surface area contributed by atoms with Gasteiger partial charge in [0.15, 0.2) is 0 Å². The molecule has 0 spiro atoms. The molecule has 0 atom stereocenters. The Hall–Kier alpha value is -1.29. The Kier molecular flexibility index (Phi) is 3.62. The van der Waals surface area contributed by atoms with Gasteiger partial charge in [0.05, 0.1) is 11.0 Å². The van der Waals surface area contributed by atoms with Crippen LogP contribution in [0.25, 0.3) is 11.0 Å². The van der Waals surface area contributed by atoms with Crippen LogP contribution < -0.4 is 0 Å². The molecular formula is C12H14N2OS. The smallest absolute Gasteiger partial charge is 0.232 e. The Balaban J connectivity index is 2.17. The summed E-state index contributed by atoms with van der Waals surface area (Å²) >= 11 is 1.77. The number of nitrogens with zero attached hydrogens (tertiary/aromatic N) is 2. The van der Waals surface area contributed by atoms with Gasteiger partial charge in [-0.25, -0.2) is 4.98 Å². The molecule has 0 aliphatic heterocycles. The highest BCUT2D eigenvalue weighted by Gasteiger charge is 2.08. The van der Waals surface area contributed by atoms with E-state index in [-0.39, 0.29) is 5.91 Å². The number of carbonyl (C=O) groups is 1. The van der Waals surface area contributed by atoms with Gasteiger partial charge in [0, 0.05) is 6.42 Å². The molecule has 1 aromatic carbocycles. The molecule has 0 aliphatic carbocycles. The number of carbonyl (C=O) groups excluding carboxylic acids is 1. The van der Waals surface area contributed by atoms with E-state index in [9.17, 15) is 4.79 Å². The predicted molar refractivity (Wildman–Crippen MR) is 68.0 cm³/mol. The van der Waals surface area contributed by atoms with E-state index in [1.165, 1.54) is 0 Å². The first-order chi connectivity index (χ1) is 7.83.